The van der Waals surface area contributed by atoms with Crippen LogP contribution in [0.1, 0.15) is 34.0 Å². The summed E-state index contributed by atoms with van der Waals surface area (Å²) in [7, 11) is 3.04. The number of aromatic nitrogens is 2. The molecule has 0 bridgehead atoms. The van der Waals surface area contributed by atoms with Gasteiger partial charge in [-0.25, -0.2) is 4.68 Å². The molecule has 1 unspecified atom stereocenters. The summed E-state index contributed by atoms with van der Waals surface area (Å²) in [5.41, 5.74) is 2.56. The molecular weight excluding hydrogens is 450 g/mol. The molecule has 1 aliphatic rings. The van der Waals surface area contributed by atoms with Gasteiger partial charge in [-0.15, -0.1) is 0 Å². The Balaban J connectivity index is 1.82. The number of methoxy groups -OCH3 is 2. The number of halogens is 1. The van der Waals surface area contributed by atoms with Gasteiger partial charge in [0.1, 0.15) is 17.3 Å². The first-order chi connectivity index (χ1) is 14.4. The highest BCUT2D eigenvalue weighted by Gasteiger charge is 2.37. The van der Waals surface area contributed by atoms with Crippen LogP contribution in [0.25, 0.3) is 5.69 Å². The minimum atomic E-state index is -0.668. The Morgan fingerprint density at radius 3 is 2.57 bits per heavy atom. The predicted molar refractivity (Wildman–Crippen MR) is 116 cm³/mol. The Morgan fingerprint density at radius 2 is 1.90 bits per heavy atom. The fraction of sp³-hybridized carbons (Fsp3) is 0.227. The molecule has 0 saturated heterocycles. The summed E-state index contributed by atoms with van der Waals surface area (Å²) >= 11 is 3.42. The lowest BCUT2D eigenvalue weighted by Crippen LogP contribution is -2.28. The molecule has 0 spiro atoms. The Kier molecular flexibility index (Phi) is 5.34. The van der Waals surface area contributed by atoms with Gasteiger partial charge in [-0.1, -0.05) is 15.9 Å². The first kappa shape index (κ1) is 20.2. The lowest BCUT2D eigenvalue weighted by molar-refractivity contribution is -0.116. The Hall–Kier alpha value is -3.13. The predicted octanol–water partition coefficient (Wildman–Crippen LogP) is 4.27. The molecule has 0 radical (unpaired) electrons. The lowest BCUT2D eigenvalue weighted by atomic mass is 9.85. The van der Waals surface area contributed by atoms with Crippen LogP contribution in [0, 0.1) is 6.92 Å². The zero-order valence-electron chi connectivity index (χ0n) is 16.7. The van der Waals surface area contributed by atoms with Crippen molar-refractivity contribution in [2.75, 3.05) is 19.5 Å². The van der Waals surface area contributed by atoms with E-state index in [1.165, 1.54) is 14.2 Å². The zero-order chi connectivity index (χ0) is 21.4. The summed E-state index contributed by atoms with van der Waals surface area (Å²) in [4.78, 5) is 26.1. The van der Waals surface area contributed by atoms with E-state index in [4.69, 9.17) is 9.47 Å². The van der Waals surface area contributed by atoms with Crippen LogP contribution in [-0.4, -0.2) is 35.7 Å². The summed E-state index contributed by atoms with van der Waals surface area (Å²) < 4.78 is 13.3. The number of fused-ring (bicyclic) bond motifs is 1. The van der Waals surface area contributed by atoms with Gasteiger partial charge in [0, 0.05) is 16.5 Å². The fourth-order valence-corrected chi connectivity index (χ4v) is 4.00. The quantitative estimate of drug-likeness (QED) is 0.564. The maximum absolute atomic E-state index is 13.5. The second-order valence-corrected chi connectivity index (χ2v) is 7.89. The van der Waals surface area contributed by atoms with Crippen molar-refractivity contribution in [2.24, 2.45) is 0 Å². The third-order valence-electron chi connectivity index (χ3n) is 5.16. The Labute approximate surface area is 182 Å². The number of rotatable bonds is 5. The number of nitrogens with one attached hydrogen (secondary N) is 1. The first-order valence-electron chi connectivity index (χ1n) is 9.34. The maximum atomic E-state index is 13.5. The molecule has 0 saturated carbocycles. The third kappa shape index (κ3) is 3.47. The lowest BCUT2D eigenvalue weighted by Gasteiger charge is -2.24. The number of anilines is 1. The van der Waals surface area contributed by atoms with E-state index in [-0.39, 0.29) is 18.1 Å². The summed E-state index contributed by atoms with van der Waals surface area (Å²) in [5.74, 6) is 0.389. The number of amides is 1. The molecule has 0 fully saturated rings. The molecule has 154 valence electrons. The normalized spacial score (nSPS) is 15.3. The van der Waals surface area contributed by atoms with Crippen LogP contribution in [0.4, 0.5) is 5.82 Å². The van der Waals surface area contributed by atoms with Gasteiger partial charge in [0.2, 0.25) is 5.91 Å². The van der Waals surface area contributed by atoms with Crippen LogP contribution < -0.4 is 14.8 Å². The molecule has 7 nitrogen and oxygen atoms in total. The van der Waals surface area contributed by atoms with Gasteiger partial charge >= 0.3 is 0 Å². The van der Waals surface area contributed by atoms with Crippen molar-refractivity contribution in [2.45, 2.75) is 19.3 Å². The van der Waals surface area contributed by atoms with E-state index >= 15 is 0 Å². The van der Waals surface area contributed by atoms with E-state index in [1.54, 1.807) is 22.9 Å². The topological polar surface area (TPSA) is 82.4 Å². The molecule has 1 aromatic heterocycles. The number of ether oxygens (including phenoxy) is 2. The minimum absolute atomic E-state index is 0.0407. The van der Waals surface area contributed by atoms with Gasteiger partial charge < -0.3 is 14.8 Å². The van der Waals surface area contributed by atoms with E-state index in [0.717, 1.165) is 10.2 Å². The van der Waals surface area contributed by atoms with Gasteiger partial charge in [-0.05, 0) is 49.4 Å². The molecule has 8 heteroatoms. The Bertz CT molecular complexity index is 1140. The molecule has 3 aromatic rings. The monoisotopic (exact) mass is 469 g/mol. The van der Waals surface area contributed by atoms with E-state index < -0.39 is 5.92 Å². The zero-order valence-corrected chi connectivity index (χ0v) is 18.3. The second kappa shape index (κ2) is 7.95. The highest BCUT2D eigenvalue weighted by Crippen LogP contribution is 2.40. The van der Waals surface area contributed by atoms with E-state index in [1.807, 2.05) is 31.2 Å². The average Bonchev–Trinajstić information content (AvgIpc) is 3.08. The molecule has 1 amide bonds. The molecule has 30 heavy (non-hydrogen) atoms. The highest BCUT2D eigenvalue weighted by atomic mass is 79.9. The number of nitrogens with zero attached hydrogens (tertiary/aromatic N) is 2. The molecule has 2 heterocycles. The molecule has 1 atom stereocenters. The largest absolute Gasteiger partial charge is 0.497 e. The van der Waals surface area contributed by atoms with E-state index in [2.05, 4.69) is 26.3 Å². The van der Waals surface area contributed by atoms with Crippen LogP contribution in [0.15, 0.2) is 46.9 Å². The van der Waals surface area contributed by atoms with E-state index in [9.17, 15) is 9.59 Å². The third-order valence-corrected chi connectivity index (χ3v) is 5.69. The second-order valence-electron chi connectivity index (χ2n) is 6.97. The smallest absolute Gasteiger partial charge is 0.226 e. The van der Waals surface area contributed by atoms with Crippen molar-refractivity contribution in [1.29, 1.82) is 0 Å². The number of Topliss-reactive ketones (excluding diaryl/α,β-unsaturated/α-hetero) is 1. The van der Waals surface area contributed by atoms with Crippen molar-refractivity contribution in [1.82, 2.24) is 9.78 Å². The van der Waals surface area contributed by atoms with Gasteiger partial charge in [-0.2, -0.15) is 5.10 Å². The van der Waals surface area contributed by atoms with Crippen molar-refractivity contribution >= 4 is 33.4 Å². The molecule has 2 aromatic carbocycles. The average molecular weight is 470 g/mol. The summed E-state index contributed by atoms with van der Waals surface area (Å²) in [6.07, 6.45) is 0.0407. The number of hydrogen-bond acceptors (Lipinski definition) is 5. The number of carbonyl (C=O) groups excluding carboxylic acids is 2. The molecule has 1 aliphatic heterocycles. The number of carbonyl (C=O) groups is 2. The minimum Gasteiger partial charge on any atom is -0.497 e. The SMILES string of the molecule is COc1ccc(OC)c(C(=O)C2CC(=O)Nc3c2c(C)nn3-c2ccc(Br)cc2)c1. The van der Waals surface area contributed by atoms with E-state index in [0.29, 0.717) is 34.1 Å². The molecule has 1 N–H and O–H groups in total. The first-order valence-corrected chi connectivity index (χ1v) is 10.1. The number of benzene rings is 2. The van der Waals surface area contributed by atoms with Crippen LogP contribution in [0.5, 0.6) is 11.5 Å². The molecule has 4 rings (SSSR count). The molecular formula is C22H20BrN3O4. The van der Waals surface area contributed by atoms with Crippen molar-refractivity contribution in [3.8, 4) is 17.2 Å². The van der Waals surface area contributed by atoms with Gasteiger partial charge in [0.25, 0.3) is 0 Å². The van der Waals surface area contributed by atoms with Gasteiger partial charge in [0.15, 0.2) is 5.78 Å². The molecule has 0 aliphatic carbocycles. The standard InChI is InChI=1S/C22H20BrN3O4/c1-12-20-17(21(28)16-10-15(29-2)8-9-18(16)30-3)11-19(27)24-22(20)26(25-12)14-6-4-13(23)5-7-14/h4-10,17H,11H2,1-3H3,(H,24,27). The fourth-order valence-electron chi connectivity index (χ4n) is 3.73. The highest BCUT2D eigenvalue weighted by molar-refractivity contribution is 9.10. The number of hydrogen-bond donors (Lipinski definition) is 1. The Morgan fingerprint density at radius 1 is 1.17 bits per heavy atom. The van der Waals surface area contributed by atoms with Crippen molar-refractivity contribution in [3.05, 3.63) is 63.8 Å². The van der Waals surface area contributed by atoms with Crippen molar-refractivity contribution < 1.29 is 19.1 Å². The van der Waals surface area contributed by atoms with Crippen molar-refractivity contribution in [3.63, 3.8) is 0 Å². The van der Waals surface area contributed by atoms with Crippen LogP contribution >= 0.6 is 15.9 Å². The van der Waals surface area contributed by atoms with Crippen LogP contribution in [0.2, 0.25) is 0 Å². The van der Waals surface area contributed by atoms with Gasteiger partial charge in [-0.3, -0.25) is 9.59 Å². The number of ketones is 1. The maximum Gasteiger partial charge on any atom is 0.226 e. The van der Waals surface area contributed by atoms with Crippen LogP contribution in [-0.2, 0) is 4.79 Å². The number of aryl methyl sites for hydroxylation is 1. The summed E-state index contributed by atoms with van der Waals surface area (Å²) in [6, 6.07) is 12.6. The summed E-state index contributed by atoms with van der Waals surface area (Å²) in [5, 5.41) is 7.50. The summed E-state index contributed by atoms with van der Waals surface area (Å²) in [6.45, 7) is 1.84. The van der Waals surface area contributed by atoms with Gasteiger partial charge in [0.05, 0.1) is 37.1 Å². The van der Waals surface area contributed by atoms with Crippen LogP contribution in [0.3, 0.4) is 0 Å².